The van der Waals surface area contributed by atoms with Gasteiger partial charge in [0, 0.05) is 11.5 Å². The fraction of sp³-hybridized carbons (Fsp3) is 0.733. The van der Waals surface area contributed by atoms with Crippen LogP contribution in [0, 0.1) is 0 Å². The number of nitrogens with one attached hydrogen (secondary N) is 3. The zero-order valence-electron chi connectivity index (χ0n) is 15.2. The molecule has 0 rings (SSSR count). The molecular formula is C15H29N5O5S2. The quantitative estimate of drug-likeness (QED) is 0.123. The molecule has 0 aliphatic heterocycles. The van der Waals surface area contributed by atoms with Gasteiger partial charge in [0.05, 0.1) is 6.04 Å². The van der Waals surface area contributed by atoms with Crippen molar-refractivity contribution in [1.82, 2.24) is 16.0 Å². The van der Waals surface area contributed by atoms with Crippen molar-refractivity contribution in [1.29, 1.82) is 0 Å². The van der Waals surface area contributed by atoms with Crippen LogP contribution in [0.3, 0.4) is 0 Å². The number of aliphatic carboxylic acids is 1. The van der Waals surface area contributed by atoms with E-state index in [1.807, 2.05) is 0 Å². The highest BCUT2D eigenvalue weighted by atomic mass is 32.1. The number of thiol groups is 2. The first-order chi connectivity index (χ1) is 12.7. The van der Waals surface area contributed by atoms with Crippen molar-refractivity contribution in [3.05, 3.63) is 0 Å². The van der Waals surface area contributed by atoms with E-state index >= 15 is 0 Å². The highest BCUT2D eigenvalue weighted by Crippen LogP contribution is 2.02. The van der Waals surface area contributed by atoms with Crippen LogP contribution in [-0.2, 0) is 19.2 Å². The van der Waals surface area contributed by atoms with Gasteiger partial charge in [-0.05, 0) is 32.7 Å². The van der Waals surface area contributed by atoms with E-state index in [1.54, 1.807) is 0 Å². The molecule has 10 nitrogen and oxygen atoms in total. The molecule has 12 heteroatoms. The van der Waals surface area contributed by atoms with Gasteiger partial charge < -0.3 is 32.5 Å². The number of carboxylic acids is 1. The second kappa shape index (κ2) is 13.6. The molecule has 8 N–H and O–H groups in total. The van der Waals surface area contributed by atoms with Gasteiger partial charge in [-0.2, -0.15) is 25.3 Å². The third-order valence-electron chi connectivity index (χ3n) is 3.66. The van der Waals surface area contributed by atoms with Crippen molar-refractivity contribution in [2.24, 2.45) is 11.5 Å². The average Bonchev–Trinajstić information content (AvgIpc) is 2.63. The summed E-state index contributed by atoms with van der Waals surface area (Å²) in [6.45, 7) is 1.84. The van der Waals surface area contributed by atoms with E-state index in [-0.39, 0.29) is 17.9 Å². The van der Waals surface area contributed by atoms with Gasteiger partial charge in [0.2, 0.25) is 17.7 Å². The third-order valence-corrected chi connectivity index (χ3v) is 4.42. The Labute approximate surface area is 169 Å². The van der Waals surface area contributed by atoms with Gasteiger partial charge in [-0.3, -0.25) is 14.4 Å². The molecule has 156 valence electrons. The number of carbonyl (C=O) groups is 4. The number of carboxylic acid groups (broad SMARTS) is 1. The topological polar surface area (TPSA) is 177 Å². The Morgan fingerprint density at radius 2 is 1.52 bits per heavy atom. The minimum Gasteiger partial charge on any atom is -0.480 e. The summed E-state index contributed by atoms with van der Waals surface area (Å²) in [7, 11) is 0. The summed E-state index contributed by atoms with van der Waals surface area (Å²) in [4.78, 5) is 47.4. The Bertz CT molecular complexity index is 523. The molecule has 0 saturated carbocycles. The lowest BCUT2D eigenvalue weighted by atomic mass is 10.1. The highest BCUT2D eigenvalue weighted by molar-refractivity contribution is 7.80. The normalized spacial score (nSPS) is 15.1. The summed E-state index contributed by atoms with van der Waals surface area (Å²) in [5.74, 6) is -2.93. The molecule has 0 saturated heterocycles. The lowest BCUT2D eigenvalue weighted by Gasteiger charge is -2.22. The predicted octanol–water partition coefficient (Wildman–Crippen LogP) is -2.14. The molecule has 0 radical (unpaired) electrons. The molecule has 0 bridgehead atoms. The molecule has 0 aromatic heterocycles. The fourth-order valence-corrected chi connectivity index (χ4v) is 2.41. The minimum absolute atomic E-state index is 0.0119. The molecule has 0 aromatic carbocycles. The third kappa shape index (κ3) is 9.84. The minimum atomic E-state index is -1.17. The van der Waals surface area contributed by atoms with Crippen LogP contribution in [-0.4, -0.2) is 71.0 Å². The summed E-state index contributed by atoms with van der Waals surface area (Å²) in [5, 5.41) is 16.4. The molecule has 0 aliphatic carbocycles. The Kier molecular flexibility index (Phi) is 12.9. The van der Waals surface area contributed by atoms with E-state index in [1.165, 1.54) is 6.92 Å². The molecular weight excluding hydrogens is 394 g/mol. The van der Waals surface area contributed by atoms with E-state index < -0.39 is 47.9 Å². The van der Waals surface area contributed by atoms with E-state index in [2.05, 4.69) is 41.2 Å². The lowest BCUT2D eigenvalue weighted by Crippen LogP contribution is -2.57. The molecule has 0 aliphatic rings. The van der Waals surface area contributed by atoms with Crippen LogP contribution in [0.15, 0.2) is 0 Å². The Balaban J connectivity index is 4.70. The van der Waals surface area contributed by atoms with Crippen LogP contribution in [0.2, 0.25) is 0 Å². The maximum absolute atomic E-state index is 12.2. The van der Waals surface area contributed by atoms with Crippen molar-refractivity contribution in [3.63, 3.8) is 0 Å². The predicted molar refractivity (Wildman–Crippen MR) is 108 cm³/mol. The Morgan fingerprint density at radius 1 is 0.926 bits per heavy atom. The number of nitrogens with two attached hydrogens (primary N) is 2. The van der Waals surface area contributed by atoms with Crippen molar-refractivity contribution >= 4 is 48.9 Å². The largest absolute Gasteiger partial charge is 0.480 e. The van der Waals surface area contributed by atoms with Crippen molar-refractivity contribution in [2.75, 3.05) is 18.1 Å². The van der Waals surface area contributed by atoms with Crippen LogP contribution in [0.25, 0.3) is 0 Å². The Hall–Kier alpha value is -1.50. The van der Waals surface area contributed by atoms with Crippen molar-refractivity contribution in [3.8, 4) is 0 Å². The summed E-state index contributed by atoms with van der Waals surface area (Å²) in [6, 6.07) is -3.96. The first kappa shape index (κ1) is 25.5. The van der Waals surface area contributed by atoms with Gasteiger partial charge in [0.15, 0.2) is 0 Å². The van der Waals surface area contributed by atoms with Crippen molar-refractivity contribution in [2.45, 2.75) is 50.4 Å². The SMILES string of the molecule is CC(NC(=O)C(CS)NC(=O)C(N)CS)C(=O)NC(CCCCN)C(=O)O. The van der Waals surface area contributed by atoms with Gasteiger partial charge in [-0.15, -0.1) is 0 Å². The van der Waals surface area contributed by atoms with Crippen LogP contribution < -0.4 is 27.4 Å². The van der Waals surface area contributed by atoms with Gasteiger partial charge in [0.25, 0.3) is 0 Å². The number of amides is 3. The van der Waals surface area contributed by atoms with Gasteiger partial charge in [-0.1, -0.05) is 0 Å². The fourth-order valence-electron chi connectivity index (χ4n) is 1.98. The maximum Gasteiger partial charge on any atom is 0.326 e. The second-order valence-electron chi connectivity index (χ2n) is 5.95. The smallest absolute Gasteiger partial charge is 0.326 e. The summed E-state index contributed by atoms with van der Waals surface area (Å²) in [5.41, 5.74) is 10.9. The molecule has 0 spiro atoms. The molecule has 27 heavy (non-hydrogen) atoms. The van der Waals surface area contributed by atoms with Crippen LogP contribution >= 0.6 is 25.3 Å². The Morgan fingerprint density at radius 3 is 2.00 bits per heavy atom. The van der Waals surface area contributed by atoms with E-state index in [9.17, 15) is 24.3 Å². The summed E-state index contributed by atoms with van der Waals surface area (Å²) >= 11 is 7.91. The van der Waals surface area contributed by atoms with E-state index in [4.69, 9.17) is 11.5 Å². The number of hydrogen-bond donors (Lipinski definition) is 8. The molecule has 4 unspecified atom stereocenters. The highest BCUT2D eigenvalue weighted by Gasteiger charge is 2.27. The number of rotatable bonds is 13. The molecule has 3 amide bonds. The zero-order valence-corrected chi connectivity index (χ0v) is 17.0. The van der Waals surface area contributed by atoms with Gasteiger partial charge >= 0.3 is 5.97 Å². The van der Waals surface area contributed by atoms with Crippen LogP contribution in [0.1, 0.15) is 26.2 Å². The molecule has 0 heterocycles. The number of unbranched alkanes of at least 4 members (excludes halogenated alkanes) is 1. The van der Waals surface area contributed by atoms with Crippen LogP contribution in [0.5, 0.6) is 0 Å². The van der Waals surface area contributed by atoms with Gasteiger partial charge in [0.1, 0.15) is 18.1 Å². The number of carbonyl (C=O) groups excluding carboxylic acids is 3. The lowest BCUT2D eigenvalue weighted by molar-refractivity contribution is -0.142. The summed E-state index contributed by atoms with van der Waals surface area (Å²) < 4.78 is 0. The number of hydrogen-bond acceptors (Lipinski definition) is 8. The molecule has 0 aromatic rings. The van der Waals surface area contributed by atoms with Gasteiger partial charge in [-0.25, -0.2) is 4.79 Å². The molecule has 0 fully saturated rings. The monoisotopic (exact) mass is 423 g/mol. The molecule has 4 atom stereocenters. The maximum atomic E-state index is 12.2. The van der Waals surface area contributed by atoms with E-state index in [0.717, 1.165) is 0 Å². The van der Waals surface area contributed by atoms with Crippen molar-refractivity contribution < 1.29 is 24.3 Å². The second-order valence-corrected chi connectivity index (χ2v) is 6.68. The van der Waals surface area contributed by atoms with E-state index in [0.29, 0.717) is 19.4 Å². The first-order valence-electron chi connectivity index (χ1n) is 8.49. The average molecular weight is 424 g/mol. The summed E-state index contributed by atoms with van der Waals surface area (Å²) in [6.07, 6.45) is 1.42. The van der Waals surface area contributed by atoms with Crippen LogP contribution in [0.4, 0.5) is 0 Å². The first-order valence-corrected chi connectivity index (χ1v) is 9.75. The standard InChI is InChI=1S/C15H29N5O5S2/c1-8(12(21)19-10(15(24)25)4-2-3-5-16)18-14(23)11(7-27)20-13(22)9(17)6-26/h8-11,26-27H,2-7,16-17H2,1H3,(H,18,23)(H,19,21)(H,20,22)(H,24,25). The zero-order chi connectivity index (χ0) is 21.0.